The molecule has 4 nitrogen and oxygen atoms in total. The van der Waals surface area contributed by atoms with Gasteiger partial charge >= 0.3 is 5.97 Å². The van der Waals surface area contributed by atoms with Crippen LogP contribution in [0.1, 0.15) is 23.7 Å². The Hall–Kier alpha value is -1.27. The van der Waals surface area contributed by atoms with E-state index in [0.29, 0.717) is 18.1 Å². The molecule has 0 fully saturated rings. The van der Waals surface area contributed by atoms with Crippen molar-refractivity contribution in [2.75, 3.05) is 19.0 Å². The van der Waals surface area contributed by atoms with E-state index in [9.17, 15) is 13.4 Å². The zero-order valence-electron chi connectivity index (χ0n) is 10.0. The van der Waals surface area contributed by atoms with Crippen LogP contribution in [0.5, 0.6) is 0 Å². The Bertz CT molecular complexity index is 448. The number of halogens is 1. The van der Waals surface area contributed by atoms with Crippen molar-refractivity contribution >= 4 is 16.8 Å². The van der Waals surface area contributed by atoms with Crippen LogP contribution in [-0.2, 0) is 15.5 Å². The fourth-order valence-corrected chi connectivity index (χ4v) is 2.28. The molecule has 0 aliphatic heterocycles. The van der Waals surface area contributed by atoms with Crippen LogP contribution in [-0.4, -0.2) is 34.3 Å². The van der Waals surface area contributed by atoms with Gasteiger partial charge in [-0.1, -0.05) is 6.92 Å². The van der Waals surface area contributed by atoms with E-state index in [2.05, 4.69) is 0 Å². The van der Waals surface area contributed by atoms with Gasteiger partial charge in [0.25, 0.3) is 0 Å². The fourth-order valence-electron chi connectivity index (χ4n) is 1.31. The summed E-state index contributed by atoms with van der Waals surface area (Å²) in [6, 6.07) is 3.45. The number of carboxylic acids is 1. The van der Waals surface area contributed by atoms with Crippen molar-refractivity contribution < 1.29 is 23.2 Å². The molecule has 1 unspecified atom stereocenters. The van der Waals surface area contributed by atoms with E-state index in [0.717, 1.165) is 18.6 Å². The molecule has 1 rings (SSSR count). The molecule has 0 amide bonds. The smallest absolute Gasteiger partial charge is 0.338 e. The Morgan fingerprint density at radius 1 is 1.44 bits per heavy atom. The third-order valence-electron chi connectivity index (χ3n) is 2.19. The quantitative estimate of drug-likeness (QED) is 0.773. The summed E-state index contributed by atoms with van der Waals surface area (Å²) in [6.07, 6.45) is 0.881. The standard InChI is InChI=1S/C12H15FO4S/c1-2-5-17-6-7-18(16)9-3-4-11(13)10(8-9)12(14)15/h3-4,8H,2,5-7H2,1H3,(H,14,15). The summed E-state index contributed by atoms with van der Waals surface area (Å²) in [6.45, 7) is 2.90. The normalized spacial score (nSPS) is 12.3. The topological polar surface area (TPSA) is 63.6 Å². The van der Waals surface area contributed by atoms with E-state index < -0.39 is 28.1 Å². The third kappa shape index (κ3) is 4.19. The summed E-state index contributed by atoms with van der Waals surface area (Å²) >= 11 is 0. The molecule has 0 saturated heterocycles. The average Bonchev–Trinajstić information content (AvgIpc) is 2.34. The molecular formula is C12H15FO4S. The number of ether oxygens (including phenoxy) is 1. The third-order valence-corrected chi connectivity index (χ3v) is 3.51. The SMILES string of the molecule is CCCOCCS(=O)c1ccc(F)c(C(=O)O)c1. The molecule has 1 aromatic carbocycles. The van der Waals surface area contributed by atoms with E-state index in [-0.39, 0.29) is 5.75 Å². The van der Waals surface area contributed by atoms with Gasteiger partial charge in [-0.2, -0.15) is 0 Å². The van der Waals surface area contributed by atoms with Crippen molar-refractivity contribution in [1.29, 1.82) is 0 Å². The summed E-state index contributed by atoms with van der Waals surface area (Å²) in [5.74, 6) is -1.93. The Kier molecular flexibility index (Phi) is 5.94. The van der Waals surface area contributed by atoms with E-state index in [1.54, 1.807) is 0 Å². The molecule has 6 heteroatoms. The Balaban J connectivity index is 2.68. The molecule has 1 aromatic rings. The van der Waals surface area contributed by atoms with Crippen LogP contribution in [0.25, 0.3) is 0 Å². The maximum atomic E-state index is 13.1. The second kappa shape index (κ2) is 7.23. The van der Waals surface area contributed by atoms with Crippen molar-refractivity contribution in [1.82, 2.24) is 0 Å². The second-order valence-corrected chi connectivity index (χ2v) is 5.18. The molecule has 1 atom stereocenters. The van der Waals surface area contributed by atoms with Crippen molar-refractivity contribution in [3.8, 4) is 0 Å². The van der Waals surface area contributed by atoms with Gasteiger partial charge in [0.1, 0.15) is 5.82 Å². The molecule has 0 heterocycles. The lowest BCUT2D eigenvalue weighted by Crippen LogP contribution is -2.08. The van der Waals surface area contributed by atoms with Gasteiger partial charge < -0.3 is 9.84 Å². The number of rotatable bonds is 7. The van der Waals surface area contributed by atoms with Crippen molar-refractivity contribution in [2.45, 2.75) is 18.2 Å². The lowest BCUT2D eigenvalue weighted by atomic mass is 10.2. The van der Waals surface area contributed by atoms with Crippen molar-refractivity contribution in [2.24, 2.45) is 0 Å². The highest BCUT2D eigenvalue weighted by atomic mass is 32.2. The first-order chi connectivity index (χ1) is 8.56. The van der Waals surface area contributed by atoms with Gasteiger partial charge in [0.2, 0.25) is 0 Å². The summed E-state index contributed by atoms with van der Waals surface area (Å²) in [7, 11) is -1.38. The van der Waals surface area contributed by atoms with Gasteiger partial charge in [-0.15, -0.1) is 0 Å². The predicted octanol–water partition coefficient (Wildman–Crippen LogP) is 2.06. The highest BCUT2D eigenvalue weighted by Gasteiger charge is 2.13. The van der Waals surface area contributed by atoms with Gasteiger partial charge in [-0.05, 0) is 24.6 Å². The maximum Gasteiger partial charge on any atom is 0.338 e. The zero-order chi connectivity index (χ0) is 13.5. The highest BCUT2D eigenvalue weighted by Crippen LogP contribution is 2.14. The summed E-state index contributed by atoms with van der Waals surface area (Å²) in [5, 5.41) is 8.75. The minimum Gasteiger partial charge on any atom is -0.478 e. The summed E-state index contributed by atoms with van der Waals surface area (Å²) in [5.41, 5.74) is -0.463. The average molecular weight is 274 g/mol. The highest BCUT2D eigenvalue weighted by molar-refractivity contribution is 7.85. The number of aromatic carboxylic acids is 1. The summed E-state index contributed by atoms with van der Waals surface area (Å²) < 4.78 is 30.1. The minimum absolute atomic E-state index is 0.269. The van der Waals surface area contributed by atoms with E-state index in [1.807, 2.05) is 6.92 Å². The van der Waals surface area contributed by atoms with Gasteiger partial charge in [0.15, 0.2) is 0 Å². The van der Waals surface area contributed by atoms with E-state index in [1.165, 1.54) is 6.07 Å². The van der Waals surface area contributed by atoms with Gasteiger partial charge in [0.05, 0.1) is 28.7 Å². The number of hydrogen-bond acceptors (Lipinski definition) is 3. The van der Waals surface area contributed by atoms with Crippen LogP contribution >= 0.6 is 0 Å². The van der Waals surface area contributed by atoms with Crippen LogP contribution in [0.3, 0.4) is 0 Å². The Labute approximate surface area is 107 Å². The molecule has 0 spiro atoms. The van der Waals surface area contributed by atoms with Crippen LogP contribution < -0.4 is 0 Å². The molecule has 1 N–H and O–H groups in total. The molecule has 0 aromatic heterocycles. The van der Waals surface area contributed by atoms with Crippen molar-refractivity contribution in [3.63, 3.8) is 0 Å². The lowest BCUT2D eigenvalue weighted by Gasteiger charge is -2.05. The van der Waals surface area contributed by atoms with E-state index in [4.69, 9.17) is 9.84 Å². The van der Waals surface area contributed by atoms with Gasteiger partial charge in [-0.25, -0.2) is 9.18 Å². The van der Waals surface area contributed by atoms with Gasteiger partial charge in [-0.3, -0.25) is 4.21 Å². The van der Waals surface area contributed by atoms with Gasteiger partial charge in [0, 0.05) is 11.5 Å². The van der Waals surface area contributed by atoms with Crippen molar-refractivity contribution in [3.05, 3.63) is 29.6 Å². The van der Waals surface area contributed by atoms with Crippen LogP contribution in [0.4, 0.5) is 4.39 Å². The first kappa shape index (κ1) is 14.8. The monoisotopic (exact) mass is 274 g/mol. The van der Waals surface area contributed by atoms with Crippen LogP contribution in [0, 0.1) is 5.82 Å². The van der Waals surface area contributed by atoms with Crippen LogP contribution in [0.2, 0.25) is 0 Å². The molecule has 0 radical (unpaired) electrons. The molecule has 18 heavy (non-hydrogen) atoms. The lowest BCUT2D eigenvalue weighted by molar-refractivity contribution is 0.0691. The Morgan fingerprint density at radius 3 is 2.78 bits per heavy atom. The number of benzene rings is 1. The zero-order valence-corrected chi connectivity index (χ0v) is 10.8. The first-order valence-electron chi connectivity index (χ1n) is 5.55. The second-order valence-electron chi connectivity index (χ2n) is 3.61. The fraction of sp³-hybridized carbons (Fsp3) is 0.417. The molecule has 0 aliphatic carbocycles. The Morgan fingerprint density at radius 2 is 2.17 bits per heavy atom. The molecule has 0 aliphatic rings. The minimum atomic E-state index is -1.38. The number of carbonyl (C=O) groups is 1. The predicted molar refractivity (Wildman–Crippen MR) is 65.7 cm³/mol. The molecular weight excluding hydrogens is 259 g/mol. The van der Waals surface area contributed by atoms with E-state index >= 15 is 0 Å². The molecule has 0 bridgehead atoms. The molecule has 0 saturated carbocycles. The summed E-state index contributed by atoms with van der Waals surface area (Å²) in [4.78, 5) is 11.0. The number of hydrogen-bond donors (Lipinski definition) is 1. The molecule has 100 valence electrons. The number of carboxylic acid groups (broad SMARTS) is 1. The first-order valence-corrected chi connectivity index (χ1v) is 6.87. The largest absolute Gasteiger partial charge is 0.478 e. The van der Waals surface area contributed by atoms with Crippen LogP contribution in [0.15, 0.2) is 23.1 Å². The maximum absolute atomic E-state index is 13.1.